The molecule has 0 N–H and O–H groups in total. The van der Waals surface area contributed by atoms with Crippen molar-refractivity contribution >= 4 is 5.91 Å². The van der Waals surface area contributed by atoms with Crippen LogP contribution in [0.5, 0.6) is 0 Å². The molecule has 2 heterocycles. The first-order valence-electron chi connectivity index (χ1n) is 8.74. The normalized spacial score (nSPS) is 16.2. The Bertz CT molecular complexity index is 723. The van der Waals surface area contributed by atoms with E-state index in [2.05, 4.69) is 22.0 Å². The van der Waals surface area contributed by atoms with E-state index in [1.54, 1.807) is 0 Å². The van der Waals surface area contributed by atoms with E-state index in [0.717, 1.165) is 31.7 Å². The summed E-state index contributed by atoms with van der Waals surface area (Å²) in [5.41, 5.74) is 1.84. The molecule has 25 heavy (non-hydrogen) atoms. The summed E-state index contributed by atoms with van der Waals surface area (Å²) in [7, 11) is 0. The Morgan fingerprint density at radius 3 is 2.36 bits per heavy atom. The third kappa shape index (κ3) is 4.25. The van der Waals surface area contributed by atoms with E-state index in [1.165, 1.54) is 5.56 Å². The first kappa shape index (κ1) is 17.6. The SMILES string of the molecule is Cc1ccc(-c2noc(CN3CCN(C(=O)C(C)(C)C)CC3)n2)cc1. The lowest BCUT2D eigenvalue weighted by molar-refractivity contribution is -0.141. The molecule has 1 saturated heterocycles. The zero-order valence-corrected chi connectivity index (χ0v) is 15.5. The third-order valence-electron chi connectivity index (χ3n) is 4.44. The van der Waals surface area contributed by atoms with Gasteiger partial charge in [-0.1, -0.05) is 55.8 Å². The van der Waals surface area contributed by atoms with Crippen molar-refractivity contribution in [3.05, 3.63) is 35.7 Å². The number of aryl methyl sites for hydroxylation is 1. The van der Waals surface area contributed by atoms with Crippen LogP contribution in [0.2, 0.25) is 0 Å². The Morgan fingerprint density at radius 1 is 1.12 bits per heavy atom. The van der Waals surface area contributed by atoms with Gasteiger partial charge < -0.3 is 9.42 Å². The van der Waals surface area contributed by atoms with Crippen molar-refractivity contribution in [1.29, 1.82) is 0 Å². The van der Waals surface area contributed by atoms with Crippen LogP contribution in [0.25, 0.3) is 11.4 Å². The van der Waals surface area contributed by atoms with Crippen LogP contribution >= 0.6 is 0 Å². The molecule has 3 rings (SSSR count). The summed E-state index contributed by atoms with van der Waals surface area (Å²) >= 11 is 0. The molecular formula is C19H26N4O2. The van der Waals surface area contributed by atoms with Crippen LogP contribution in [0, 0.1) is 12.3 Å². The van der Waals surface area contributed by atoms with Gasteiger partial charge in [-0.05, 0) is 6.92 Å². The number of carbonyl (C=O) groups is 1. The van der Waals surface area contributed by atoms with Crippen molar-refractivity contribution in [2.45, 2.75) is 34.2 Å². The van der Waals surface area contributed by atoms with E-state index in [4.69, 9.17) is 4.52 Å². The lowest BCUT2D eigenvalue weighted by Gasteiger charge is -2.37. The van der Waals surface area contributed by atoms with Gasteiger partial charge in [0.25, 0.3) is 0 Å². The smallest absolute Gasteiger partial charge is 0.241 e. The summed E-state index contributed by atoms with van der Waals surface area (Å²) in [6.07, 6.45) is 0. The van der Waals surface area contributed by atoms with Crippen LogP contribution in [-0.4, -0.2) is 52.0 Å². The van der Waals surface area contributed by atoms with Crippen molar-refractivity contribution in [1.82, 2.24) is 19.9 Å². The molecule has 2 aromatic rings. The van der Waals surface area contributed by atoms with Gasteiger partial charge >= 0.3 is 0 Å². The Kier molecular flexibility index (Phi) is 4.90. The molecule has 0 unspecified atom stereocenters. The molecule has 1 fully saturated rings. The molecule has 1 amide bonds. The predicted molar refractivity (Wildman–Crippen MR) is 95.8 cm³/mol. The fourth-order valence-electron chi connectivity index (χ4n) is 2.91. The highest BCUT2D eigenvalue weighted by atomic mass is 16.5. The van der Waals surface area contributed by atoms with E-state index in [9.17, 15) is 4.79 Å². The van der Waals surface area contributed by atoms with Crippen LogP contribution in [0.15, 0.2) is 28.8 Å². The van der Waals surface area contributed by atoms with Gasteiger partial charge in [-0.15, -0.1) is 0 Å². The number of hydrogen-bond acceptors (Lipinski definition) is 5. The van der Waals surface area contributed by atoms with Crippen LogP contribution in [0.4, 0.5) is 0 Å². The number of aromatic nitrogens is 2. The first-order chi connectivity index (χ1) is 11.8. The highest BCUT2D eigenvalue weighted by molar-refractivity contribution is 5.81. The van der Waals surface area contributed by atoms with Crippen molar-refractivity contribution in [2.24, 2.45) is 5.41 Å². The molecule has 134 valence electrons. The molecular weight excluding hydrogens is 316 g/mol. The standard InChI is InChI=1S/C19H26N4O2/c1-14-5-7-15(8-6-14)17-20-16(25-21-17)13-22-9-11-23(12-10-22)18(24)19(2,3)4/h5-8H,9-13H2,1-4H3. The second kappa shape index (κ2) is 6.96. The van der Waals surface area contributed by atoms with Crippen LogP contribution in [-0.2, 0) is 11.3 Å². The lowest BCUT2D eigenvalue weighted by atomic mass is 9.94. The maximum absolute atomic E-state index is 12.3. The van der Waals surface area contributed by atoms with Gasteiger partial charge in [-0.3, -0.25) is 9.69 Å². The van der Waals surface area contributed by atoms with E-state index < -0.39 is 0 Å². The van der Waals surface area contributed by atoms with E-state index >= 15 is 0 Å². The number of carbonyl (C=O) groups excluding carboxylic acids is 1. The van der Waals surface area contributed by atoms with Crippen molar-refractivity contribution < 1.29 is 9.32 Å². The Morgan fingerprint density at radius 2 is 1.76 bits per heavy atom. The second-order valence-electron chi connectivity index (χ2n) is 7.70. The first-order valence-corrected chi connectivity index (χ1v) is 8.74. The zero-order chi connectivity index (χ0) is 18.0. The average Bonchev–Trinajstić information content (AvgIpc) is 3.03. The van der Waals surface area contributed by atoms with Crippen LogP contribution < -0.4 is 0 Å². The largest absolute Gasteiger partial charge is 0.340 e. The van der Waals surface area contributed by atoms with Gasteiger partial charge in [0.05, 0.1) is 6.54 Å². The van der Waals surface area contributed by atoms with Gasteiger partial charge in [-0.2, -0.15) is 4.98 Å². The molecule has 0 atom stereocenters. The van der Waals surface area contributed by atoms with Gasteiger partial charge in [-0.25, -0.2) is 0 Å². The zero-order valence-electron chi connectivity index (χ0n) is 15.5. The predicted octanol–water partition coefficient (Wildman–Crippen LogP) is 2.74. The number of rotatable bonds is 3. The summed E-state index contributed by atoms with van der Waals surface area (Å²) in [5.74, 6) is 1.45. The molecule has 1 aliphatic rings. The molecule has 0 radical (unpaired) electrons. The van der Waals surface area contributed by atoms with Crippen molar-refractivity contribution in [3.8, 4) is 11.4 Å². The number of benzene rings is 1. The summed E-state index contributed by atoms with van der Waals surface area (Å²) in [5, 5.41) is 4.08. The lowest BCUT2D eigenvalue weighted by Crippen LogP contribution is -2.51. The second-order valence-corrected chi connectivity index (χ2v) is 7.70. The number of nitrogens with zero attached hydrogens (tertiary/aromatic N) is 4. The van der Waals surface area contributed by atoms with Gasteiger partial charge in [0.1, 0.15) is 0 Å². The minimum absolute atomic E-state index is 0.214. The Balaban J connectivity index is 1.56. The van der Waals surface area contributed by atoms with Gasteiger partial charge in [0, 0.05) is 37.2 Å². The maximum Gasteiger partial charge on any atom is 0.241 e. The maximum atomic E-state index is 12.3. The van der Waals surface area contributed by atoms with E-state index in [0.29, 0.717) is 18.3 Å². The third-order valence-corrected chi connectivity index (χ3v) is 4.44. The highest BCUT2D eigenvalue weighted by Gasteiger charge is 2.30. The number of amides is 1. The monoisotopic (exact) mass is 342 g/mol. The molecule has 0 bridgehead atoms. The molecule has 0 saturated carbocycles. The number of piperazine rings is 1. The molecule has 0 spiro atoms. The summed E-state index contributed by atoms with van der Waals surface area (Å²) < 4.78 is 5.40. The molecule has 0 aliphatic carbocycles. The highest BCUT2D eigenvalue weighted by Crippen LogP contribution is 2.20. The topological polar surface area (TPSA) is 62.5 Å². The summed E-state index contributed by atoms with van der Waals surface area (Å²) in [4.78, 5) is 21.0. The Labute approximate surface area is 148 Å². The molecule has 1 aliphatic heterocycles. The number of hydrogen-bond donors (Lipinski definition) is 0. The summed E-state index contributed by atoms with van der Waals surface area (Å²) in [6, 6.07) is 8.08. The van der Waals surface area contributed by atoms with E-state index in [-0.39, 0.29) is 11.3 Å². The van der Waals surface area contributed by atoms with Crippen LogP contribution in [0.1, 0.15) is 32.2 Å². The van der Waals surface area contributed by atoms with Gasteiger partial charge in [0.15, 0.2) is 0 Å². The Hall–Kier alpha value is -2.21. The molecule has 1 aromatic carbocycles. The van der Waals surface area contributed by atoms with Crippen molar-refractivity contribution in [3.63, 3.8) is 0 Å². The summed E-state index contributed by atoms with van der Waals surface area (Å²) in [6.45, 7) is 11.7. The van der Waals surface area contributed by atoms with E-state index in [1.807, 2.05) is 49.9 Å². The molecule has 6 heteroatoms. The van der Waals surface area contributed by atoms with Crippen LogP contribution in [0.3, 0.4) is 0 Å². The molecule has 1 aromatic heterocycles. The van der Waals surface area contributed by atoms with Crippen molar-refractivity contribution in [2.75, 3.05) is 26.2 Å². The quantitative estimate of drug-likeness (QED) is 0.858. The fourth-order valence-corrected chi connectivity index (χ4v) is 2.91. The fraction of sp³-hybridized carbons (Fsp3) is 0.526. The average molecular weight is 342 g/mol. The molecule has 6 nitrogen and oxygen atoms in total. The minimum Gasteiger partial charge on any atom is -0.340 e. The minimum atomic E-state index is -0.322. The van der Waals surface area contributed by atoms with Gasteiger partial charge in [0.2, 0.25) is 17.6 Å².